The van der Waals surface area contributed by atoms with Crippen molar-refractivity contribution in [2.45, 2.75) is 38.0 Å². The van der Waals surface area contributed by atoms with Crippen LogP contribution in [-0.2, 0) is 22.9 Å². The molecule has 0 atom stereocenters. The Morgan fingerprint density at radius 1 is 0.893 bits per heavy atom. The van der Waals surface area contributed by atoms with E-state index in [0.29, 0.717) is 36.6 Å². The highest BCUT2D eigenvalue weighted by Gasteiger charge is 2.31. The first-order valence-electron chi connectivity index (χ1n) is 9.85. The summed E-state index contributed by atoms with van der Waals surface area (Å²) in [7, 11) is -3.54. The number of amides is 1. The van der Waals surface area contributed by atoms with Crippen LogP contribution in [0, 0.1) is 13.8 Å². The topological polar surface area (TPSA) is 57.7 Å². The van der Waals surface area contributed by atoms with Crippen molar-refractivity contribution < 1.29 is 13.2 Å². The summed E-state index contributed by atoms with van der Waals surface area (Å²) in [6.07, 6.45) is 3.29. The van der Waals surface area contributed by atoms with Crippen LogP contribution in [0.15, 0.2) is 41.3 Å². The second-order valence-corrected chi connectivity index (χ2v) is 9.71. The number of nitrogens with zero attached hydrogens (tertiary/aromatic N) is 2. The van der Waals surface area contributed by atoms with Gasteiger partial charge in [-0.15, -0.1) is 0 Å². The molecular weight excluding hydrogens is 372 g/mol. The summed E-state index contributed by atoms with van der Waals surface area (Å²) in [4.78, 5) is 15.0. The monoisotopic (exact) mass is 398 g/mol. The van der Waals surface area contributed by atoms with Gasteiger partial charge in [0.05, 0.1) is 4.90 Å². The van der Waals surface area contributed by atoms with Crippen molar-refractivity contribution in [1.29, 1.82) is 0 Å². The summed E-state index contributed by atoms with van der Waals surface area (Å²) >= 11 is 0. The fraction of sp³-hybridized carbons (Fsp3) is 0.409. The molecule has 0 saturated carbocycles. The van der Waals surface area contributed by atoms with Gasteiger partial charge in [-0.25, -0.2) is 8.42 Å². The smallest absolute Gasteiger partial charge is 0.253 e. The van der Waals surface area contributed by atoms with Gasteiger partial charge in [0, 0.05) is 31.7 Å². The zero-order chi connectivity index (χ0) is 19.9. The highest BCUT2D eigenvalue weighted by molar-refractivity contribution is 7.89. The first kappa shape index (κ1) is 19.2. The molecule has 4 rings (SSSR count). The minimum Gasteiger partial charge on any atom is -0.336 e. The van der Waals surface area contributed by atoms with Crippen molar-refractivity contribution >= 4 is 15.9 Å². The number of fused-ring (bicyclic) bond motifs is 1. The number of piperazine rings is 1. The van der Waals surface area contributed by atoms with Gasteiger partial charge in [0.15, 0.2) is 0 Å². The van der Waals surface area contributed by atoms with Gasteiger partial charge in [-0.1, -0.05) is 23.8 Å². The average Bonchev–Trinajstić information content (AvgIpc) is 3.15. The molecule has 1 saturated heterocycles. The minimum atomic E-state index is -3.54. The van der Waals surface area contributed by atoms with E-state index < -0.39 is 10.0 Å². The molecule has 1 amide bonds. The number of aryl methyl sites for hydroxylation is 4. The van der Waals surface area contributed by atoms with E-state index in [0.717, 1.165) is 30.4 Å². The van der Waals surface area contributed by atoms with Crippen LogP contribution in [0.2, 0.25) is 0 Å². The summed E-state index contributed by atoms with van der Waals surface area (Å²) in [5.74, 6) is -0.00161. The Kier molecular flexibility index (Phi) is 5.02. The minimum absolute atomic E-state index is 0.00161. The van der Waals surface area contributed by atoms with Crippen molar-refractivity contribution in [2.75, 3.05) is 26.2 Å². The predicted octanol–water partition coefficient (Wildman–Crippen LogP) is 2.94. The Balaban J connectivity index is 1.46. The van der Waals surface area contributed by atoms with Crippen molar-refractivity contribution in [3.05, 3.63) is 64.2 Å². The maximum Gasteiger partial charge on any atom is 0.253 e. The lowest BCUT2D eigenvalue weighted by Gasteiger charge is -2.34. The molecule has 6 heteroatoms. The van der Waals surface area contributed by atoms with E-state index in [1.807, 2.05) is 38.1 Å². The number of carbonyl (C=O) groups excluding carboxylic acids is 1. The lowest BCUT2D eigenvalue weighted by atomic mass is 10.1. The summed E-state index contributed by atoms with van der Waals surface area (Å²) in [6, 6.07) is 11.4. The number of sulfonamides is 1. The Morgan fingerprint density at radius 3 is 2.32 bits per heavy atom. The highest BCUT2D eigenvalue weighted by atomic mass is 32.2. The largest absolute Gasteiger partial charge is 0.336 e. The van der Waals surface area contributed by atoms with Crippen LogP contribution >= 0.6 is 0 Å². The van der Waals surface area contributed by atoms with E-state index in [2.05, 4.69) is 6.07 Å². The molecule has 0 unspecified atom stereocenters. The van der Waals surface area contributed by atoms with E-state index >= 15 is 0 Å². The molecule has 28 heavy (non-hydrogen) atoms. The average molecular weight is 399 g/mol. The standard InChI is InChI=1S/C22H26N2O3S/c1-16-6-9-21(17(2)14-16)28(26,27)24-12-10-23(11-13-24)22(25)20-8-7-18-4-3-5-19(18)15-20/h6-9,14-15H,3-5,10-13H2,1-2H3. The SMILES string of the molecule is Cc1ccc(S(=O)(=O)N2CCN(C(=O)c3ccc4c(c3)CCC4)CC2)c(C)c1. The van der Waals surface area contributed by atoms with E-state index in [1.165, 1.54) is 15.4 Å². The third-order valence-corrected chi connectivity index (χ3v) is 7.88. The van der Waals surface area contributed by atoms with Gasteiger partial charge in [-0.2, -0.15) is 4.31 Å². The van der Waals surface area contributed by atoms with Crippen LogP contribution in [0.25, 0.3) is 0 Å². The molecule has 0 bridgehead atoms. The van der Waals surface area contributed by atoms with Gasteiger partial charge in [0.25, 0.3) is 5.91 Å². The molecule has 0 N–H and O–H groups in total. The number of carbonyl (C=O) groups is 1. The highest BCUT2D eigenvalue weighted by Crippen LogP contribution is 2.25. The molecule has 0 aromatic heterocycles. The lowest BCUT2D eigenvalue weighted by molar-refractivity contribution is 0.0697. The molecule has 0 radical (unpaired) electrons. The summed E-state index contributed by atoms with van der Waals surface area (Å²) in [5.41, 5.74) is 5.15. The molecule has 1 heterocycles. The van der Waals surface area contributed by atoms with E-state index in [1.54, 1.807) is 11.0 Å². The van der Waals surface area contributed by atoms with Gasteiger partial charge < -0.3 is 4.90 Å². The number of hydrogen-bond donors (Lipinski definition) is 0. The zero-order valence-electron chi connectivity index (χ0n) is 16.4. The van der Waals surface area contributed by atoms with Gasteiger partial charge in [0.1, 0.15) is 0 Å². The summed E-state index contributed by atoms with van der Waals surface area (Å²) < 4.78 is 27.5. The van der Waals surface area contributed by atoms with Crippen molar-refractivity contribution in [3.63, 3.8) is 0 Å². The third kappa shape index (κ3) is 3.47. The van der Waals surface area contributed by atoms with E-state index in [4.69, 9.17) is 0 Å². The molecule has 5 nitrogen and oxygen atoms in total. The fourth-order valence-electron chi connectivity index (χ4n) is 4.25. The molecule has 1 fully saturated rings. The molecular formula is C22H26N2O3S. The maximum atomic E-state index is 13.0. The van der Waals surface area contributed by atoms with E-state index in [-0.39, 0.29) is 5.91 Å². The van der Waals surface area contributed by atoms with Crippen LogP contribution < -0.4 is 0 Å². The second kappa shape index (κ2) is 7.33. The lowest BCUT2D eigenvalue weighted by Crippen LogP contribution is -2.50. The molecule has 1 aliphatic carbocycles. The number of benzene rings is 2. The van der Waals surface area contributed by atoms with Crippen LogP contribution in [0.5, 0.6) is 0 Å². The normalized spacial score (nSPS) is 17.6. The fourth-order valence-corrected chi connectivity index (χ4v) is 5.87. The first-order valence-corrected chi connectivity index (χ1v) is 11.3. The first-order chi connectivity index (χ1) is 13.4. The molecule has 0 spiro atoms. The number of rotatable bonds is 3. The van der Waals surface area contributed by atoms with Crippen molar-refractivity contribution in [3.8, 4) is 0 Å². The maximum absolute atomic E-state index is 13.0. The third-order valence-electron chi connectivity index (χ3n) is 5.82. The van der Waals surface area contributed by atoms with Crippen LogP contribution in [0.4, 0.5) is 0 Å². The second-order valence-electron chi connectivity index (χ2n) is 7.80. The molecule has 1 aliphatic heterocycles. The molecule has 2 aliphatic rings. The van der Waals surface area contributed by atoms with Crippen LogP contribution in [0.1, 0.15) is 39.0 Å². The van der Waals surface area contributed by atoms with Crippen molar-refractivity contribution in [1.82, 2.24) is 9.21 Å². The van der Waals surface area contributed by atoms with Gasteiger partial charge in [-0.05, 0) is 68.0 Å². The summed E-state index contributed by atoms with van der Waals surface area (Å²) in [6.45, 7) is 5.26. The van der Waals surface area contributed by atoms with Gasteiger partial charge in [0.2, 0.25) is 10.0 Å². The Hall–Kier alpha value is -2.18. The molecule has 2 aromatic rings. The van der Waals surface area contributed by atoms with Gasteiger partial charge >= 0.3 is 0 Å². The quantitative estimate of drug-likeness (QED) is 0.799. The molecule has 2 aromatic carbocycles. The van der Waals surface area contributed by atoms with Crippen molar-refractivity contribution in [2.24, 2.45) is 0 Å². The van der Waals surface area contributed by atoms with Gasteiger partial charge in [-0.3, -0.25) is 4.79 Å². The predicted molar refractivity (Wildman–Crippen MR) is 109 cm³/mol. The number of hydrogen-bond acceptors (Lipinski definition) is 3. The Morgan fingerprint density at radius 2 is 1.61 bits per heavy atom. The Labute approximate surface area is 167 Å². The zero-order valence-corrected chi connectivity index (χ0v) is 17.3. The Bertz CT molecular complexity index is 1020. The summed E-state index contributed by atoms with van der Waals surface area (Å²) in [5, 5.41) is 0. The van der Waals surface area contributed by atoms with Crippen LogP contribution in [-0.4, -0.2) is 49.7 Å². The van der Waals surface area contributed by atoms with E-state index in [9.17, 15) is 13.2 Å². The van der Waals surface area contributed by atoms with Crippen LogP contribution in [0.3, 0.4) is 0 Å². The molecule has 148 valence electrons.